The molecule has 0 saturated carbocycles. The average molecular weight is 861 g/mol. The first-order valence-corrected chi connectivity index (χ1v) is 23.3. The van der Waals surface area contributed by atoms with E-state index in [1.165, 1.54) is 0 Å². The Hall–Kier alpha value is -2.05. The van der Waals surface area contributed by atoms with E-state index in [9.17, 15) is 24.0 Å². The highest BCUT2D eigenvalue weighted by Crippen LogP contribution is 2.05. The molecule has 60 heavy (non-hydrogen) atoms. The van der Waals surface area contributed by atoms with Gasteiger partial charge in [0.05, 0.1) is 30.2 Å². The first-order chi connectivity index (χ1) is 28.7. The molecule has 15 heteroatoms. The van der Waals surface area contributed by atoms with Crippen LogP contribution in [0.2, 0.25) is 0 Å². The molecule has 0 unspecified atom stereocenters. The van der Waals surface area contributed by atoms with Gasteiger partial charge in [0, 0.05) is 32.1 Å². The molecule has 0 aliphatic heterocycles. The summed E-state index contributed by atoms with van der Waals surface area (Å²) < 4.78 is 0. The number of carbonyl (C=O) groups is 5. The zero-order chi connectivity index (χ0) is 47.0. The number of ketones is 5. The predicted octanol–water partition coefficient (Wildman–Crippen LogP) is 3.41. The third kappa shape index (κ3) is 45.5. The van der Waals surface area contributed by atoms with Crippen LogP contribution in [0.3, 0.4) is 0 Å². The van der Waals surface area contributed by atoms with Crippen LogP contribution in [0, 0.1) is 0 Å². The summed E-state index contributed by atoms with van der Waals surface area (Å²) in [6.45, 7) is 13.6. The number of hydrogen-bond donors (Lipinski definition) is 10. The van der Waals surface area contributed by atoms with Crippen molar-refractivity contribution in [2.24, 2.45) is 28.7 Å². The molecule has 0 aromatic rings. The van der Waals surface area contributed by atoms with Crippen LogP contribution in [0.5, 0.6) is 0 Å². The highest BCUT2D eigenvalue weighted by molar-refractivity contribution is 5.85. The number of unbranched alkanes of at least 4 members (excludes halogenated alkanes) is 5. The van der Waals surface area contributed by atoms with Gasteiger partial charge in [-0.3, -0.25) is 24.0 Å². The summed E-state index contributed by atoms with van der Waals surface area (Å²) in [6.07, 6.45) is 17.8. The molecule has 5 atom stereocenters. The van der Waals surface area contributed by atoms with Gasteiger partial charge in [0.2, 0.25) is 0 Å². The molecular weight excluding hydrogens is 761 g/mol. The Labute approximate surface area is 368 Å². The van der Waals surface area contributed by atoms with E-state index in [1.54, 1.807) is 0 Å². The third-order valence-electron chi connectivity index (χ3n) is 10.0. The van der Waals surface area contributed by atoms with Gasteiger partial charge in [0.25, 0.3) is 0 Å². The molecule has 0 radical (unpaired) electrons. The number of Topliss-reactive ketones (excluding diaryl/α,β-unsaturated/α-hetero) is 5. The molecule has 15 N–H and O–H groups in total. The van der Waals surface area contributed by atoms with Crippen molar-refractivity contribution in [3.63, 3.8) is 0 Å². The summed E-state index contributed by atoms with van der Waals surface area (Å²) in [6, 6.07) is -0.330. The van der Waals surface area contributed by atoms with E-state index >= 15 is 0 Å². The maximum absolute atomic E-state index is 11.2. The minimum absolute atomic E-state index is 0.0431. The molecule has 0 spiro atoms. The number of hydrogen-bond acceptors (Lipinski definition) is 15. The third-order valence-corrected chi connectivity index (χ3v) is 10.0. The van der Waals surface area contributed by atoms with E-state index < -0.39 is 0 Å². The van der Waals surface area contributed by atoms with Gasteiger partial charge in [0.15, 0.2) is 0 Å². The van der Waals surface area contributed by atoms with Crippen molar-refractivity contribution >= 4 is 28.9 Å². The Morgan fingerprint density at radius 1 is 0.367 bits per heavy atom. The molecule has 0 rings (SSSR count). The first-order valence-electron chi connectivity index (χ1n) is 23.3. The van der Waals surface area contributed by atoms with Crippen molar-refractivity contribution in [1.29, 1.82) is 0 Å². The summed E-state index contributed by atoms with van der Waals surface area (Å²) in [5.74, 6) is 1.26. The Balaban J connectivity index is -0.000000210. The summed E-state index contributed by atoms with van der Waals surface area (Å²) in [5, 5.41) is 15.2. The SMILES string of the molecule is CCC(=O)[C@@H](CCCCN)NC.CCC(=O)[C@@H](N)CCCCNC.CCC(=O)[C@H](CCCCN)NC.CCC(=O)[C@H](CCCCN)NC.CCC(=O)[C@H](N)CCCCNC. The molecule has 360 valence electrons. The van der Waals surface area contributed by atoms with Gasteiger partial charge in [-0.2, -0.15) is 0 Å². The molecule has 0 aliphatic rings. The quantitative estimate of drug-likeness (QED) is 0.0409. The molecule has 0 aromatic heterocycles. The first kappa shape index (κ1) is 67.0. The molecule has 0 aliphatic carbocycles. The summed E-state index contributed by atoms with van der Waals surface area (Å²) >= 11 is 0. The predicted molar refractivity (Wildman–Crippen MR) is 255 cm³/mol. The molecule has 0 fully saturated rings. The lowest BCUT2D eigenvalue weighted by atomic mass is 10.0. The van der Waals surface area contributed by atoms with Crippen LogP contribution in [0.4, 0.5) is 0 Å². The van der Waals surface area contributed by atoms with Gasteiger partial charge in [0.1, 0.15) is 28.9 Å². The second-order valence-electron chi connectivity index (χ2n) is 14.9. The van der Waals surface area contributed by atoms with Crippen LogP contribution in [-0.2, 0) is 24.0 Å². The largest absolute Gasteiger partial charge is 0.330 e. The van der Waals surface area contributed by atoms with Crippen LogP contribution in [0.15, 0.2) is 0 Å². The minimum Gasteiger partial charge on any atom is -0.330 e. The van der Waals surface area contributed by atoms with Crippen LogP contribution in [0.1, 0.15) is 163 Å². The summed E-state index contributed by atoms with van der Waals surface area (Å²) in [7, 11) is 9.36. The van der Waals surface area contributed by atoms with Crippen molar-refractivity contribution < 1.29 is 24.0 Å². The Morgan fingerprint density at radius 2 is 0.600 bits per heavy atom. The standard InChI is InChI=1S/5C9H20N2O/c2*1-3-9(12)8(10)6-4-5-7-11-2;3*1-3-9(12)8(11-2)6-4-5-7-10/h5*8,11H,3-7,10H2,1-2H3/t5*8-/m10100/s1. The van der Waals surface area contributed by atoms with Crippen LogP contribution in [0.25, 0.3) is 0 Å². The minimum atomic E-state index is -0.230. The Morgan fingerprint density at radius 3 is 0.783 bits per heavy atom. The highest BCUT2D eigenvalue weighted by Gasteiger charge is 2.15. The molecule has 0 aromatic carbocycles. The zero-order valence-electron chi connectivity index (χ0n) is 40.5. The van der Waals surface area contributed by atoms with E-state index in [1.807, 2.05) is 69.9 Å². The van der Waals surface area contributed by atoms with Gasteiger partial charge >= 0.3 is 0 Å². The number of likely N-dealkylation sites (N-methyl/N-ethyl adjacent to an activating group) is 3. The molecule has 15 nitrogen and oxygen atoms in total. The van der Waals surface area contributed by atoms with Gasteiger partial charge in [-0.25, -0.2) is 0 Å². The van der Waals surface area contributed by atoms with Gasteiger partial charge in [-0.1, -0.05) is 66.7 Å². The van der Waals surface area contributed by atoms with Crippen LogP contribution < -0.4 is 55.3 Å². The van der Waals surface area contributed by atoms with E-state index in [-0.39, 0.29) is 41.8 Å². The lowest BCUT2D eigenvalue weighted by molar-refractivity contribution is -0.121. The summed E-state index contributed by atoms with van der Waals surface area (Å²) in [4.78, 5) is 55.8. The Kier molecular flexibility index (Phi) is 59.3. The van der Waals surface area contributed by atoms with E-state index in [0.717, 1.165) is 129 Å². The maximum atomic E-state index is 11.2. The number of carbonyl (C=O) groups excluding carboxylic acids is 5. The van der Waals surface area contributed by atoms with Gasteiger partial charge < -0.3 is 55.3 Å². The lowest BCUT2D eigenvalue weighted by Crippen LogP contribution is -2.33. The number of rotatable bonds is 35. The lowest BCUT2D eigenvalue weighted by Gasteiger charge is -2.12. The molecule has 0 bridgehead atoms. The highest BCUT2D eigenvalue weighted by atomic mass is 16.1. The van der Waals surface area contributed by atoms with Crippen molar-refractivity contribution in [1.82, 2.24) is 26.6 Å². The van der Waals surface area contributed by atoms with Crippen LogP contribution in [-0.4, -0.2) is 127 Å². The fourth-order valence-electron chi connectivity index (χ4n) is 5.79. The fourth-order valence-corrected chi connectivity index (χ4v) is 5.79. The van der Waals surface area contributed by atoms with Crippen molar-refractivity contribution in [3.05, 3.63) is 0 Å². The van der Waals surface area contributed by atoms with Crippen molar-refractivity contribution in [2.75, 3.05) is 68.0 Å². The Bertz CT molecular complexity index is 875. The molecule has 0 amide bonds. The molecule has 0 heterocycles. The van der Waals surface area contributed by atoms with E-state index in [0.29, 0.717) is 49.5 Å². The number of nitrogens with one attached hydrogen (secondary N) is 5. The second kappa shape index (κ2) is 53.1. The summed E-state index contributed by atoms with van der Waals surface area (Å²) in [5.41, 5.74) is 27.4. The maximum Gasteiger partial charge on any atom is 0.149 e. The van der Waals surface area contributed by atoms with Crippen molar-refractivity contribution in [2.45, 2.75) is 193 Å². The zero-order valence-corrected chi connectivity index (χ0v) is 40.5. The van der Waals surface area contributed by atoms with Crippen molar-refractivity contribution in [3.8, 4) is 0 Å². The average Bonchev–Trinajstić information content (AvgIpc) is 3.27. The van der Waals surface area contributed by atoms with Gasteiger partial charge in [-0.05, 0) is 132 Å². The van der Waals surface area contributed by atoms with Crippen LogP contribution >= 0.6 is 0 Å². The normalized spacial score (nSPS) is 12.9. The smallest absolute Gasteiger partial charge is 0.149 e. The monoisotopic (exact) mass is 861 g/mol. The molecule has 0 saturated heterocycles. The number of nitrogens with two attached hydrogens (primary N) is 5. The van der Waals surface area contributed by atoms with Gasteiger partial charge in [-0.15, -0.1) is 0 Å². The fraction of sp³-hybridized carbons (Fsp3) is 0.889. The second-order valence-corrected chi connectivity index (χ2v) is 14.9. The molecular formula is C45H100N10O5. The van der Waals surface area contributed by atoms with E-state index in [4.69, 9.17) is 28.7 Å². The topological polar surface area (TPSA) is 276 Å². The van der Waals surface area contributed by atoms with E-state index in [2.05, 4.69) is 26.6 Å².